The van der Waals surface area contributed by atoms with Gasteiger partial charge in [0.15, 0.2) is 0 Å². The minimum absolute atomic E-state index is 0.0837. The Bertz CT molecular complexity index is 1080. The second-order valence-corrected chi connectivity index (χ2v) is 14.2. The molecule has 0 spiro atoms. The summed E-state index contributed by atoms with van der Waals surface area (Å²) in [5.41, 5.74) is 1.41. The summed E-state index contributed by atoms with van der Waals surface area (Å²) in [6, 6.07) is 31.5. The number of rotatable bonds is 6. The van der Waals surface area contributed by atoms with Crippen LogP contribution >= 0.6 is 18.9 Å². The van der Waals surface area contributed by atoms with Gasteiger partial charge in [-0.3, -0.25) is 0 Å². The highest BCUT2D eigenvalue weighted by atomic mass is 32.2. The number of hydrogen-bond acceptors (Lipinski definition) is 2. The quantitative estimate of drug-likeness (QED) is 0.326. The summed E-state index contributed by atoms with van der Waals surface area (Å²) in [7, 11) is -2.86. The standard InChI is InChI=1S/C31H35OPS/c32-33(26-16-7-2-8-17-26,27-18-9-3-10-19-27)31-23-13-22-29(34-28-20-11-4-12-21-28)24-30(31)25-14-5-1-6-15-25/h1-3,5-10,14-19,22,28,30-31H,4,11-13,20-21,23-24H2/t30-,31+/m0/s1. The Kier molecular flexibility index (Phi) is 7.77. The van der Waals surface area contributed by atoms with Crippen molar-refractivity contribution in [3.63, 3.8) is 0 Å². The van der Waals surface area contributed by atoms with Crippen molar-refractivity contribution in [1.82, 2.24) is 0 Å². The maximum Gasteiger partial charge on any atom is 0.146 e. The van der Waals surface area contributed by atoms with E-state index in [1.165, 1.54) is 42.6 Å². The first-order valence-corrected chi connectivity index (χ1v) is 15.5. The molecular formula is C31H35OPS. The van der Waals surface area contributed by atoms with E-state index < -0.39 is 7.14 Å². The maximum atomic E-state index is 15.4. The molecule has 0 unspecified atom stereocenters. The predicted octanol–water partition coefficient (Wildman–Crippen LogP) is 8.29. The van der Waals surface area contributed by atoms with Gasteiger partial charge in [0.05, 0.1) is 0 Å². The van der Waals surface area contributed by atoms with Crippen molar-refractivity contribution >= 4 is 29.5 Å². The van der Waals surface area contributed by atoms with Crippen LogP contribution in [0.25, 0.3) is 0 Å². The molecule has 0 bridgehead atoms. The van der Waals surface area contributed by atoms with Gasteiger partial charge >= 0.3 is 0 Å². The molecule has 0 amide bonds. The summed E-state index contributed by atoms with van der Waals surface area (Å²) in [4.78, 5) is 1.52. The summed E-state index contributed by atoms with van der Waals surface area (Å²) >= 11 is 2.13. The first kappa shape index (κ1) is 23.7. The van der Waals surface area contributed by atoms with Crippen LogP contribution in [0, 0.1) is 0 Å². The van der Waals surface area contributed by atoms with Crippen LogP contribution in [-0.2, 0) is 4.57 Å². The predicted molar refractivity (Wildman–Crippen MR) is 149 cm³/mol. The molecule has 34 heavy (non-hydrogen) atoms. The minimum Gasteiger partial charge on any atom is -0.313 e. The van der Waals surface area contributed by atoms with E-state index in [0.717, 1.165) is 35.1 Å². The average molecular weight is 487 g/mol. The van der Waals surface area contributed by atoms with Gasteiger partial charge in [0, 0.05) is 21.5 Å². The van der Waals surface area contributed by atoms with Gasteiger partial charge in [-0.05, 0) is 48.5 Å². The van der Waals surface area contributed by atoms with Gasteiger partial charge in [0.2, 0.25) is 0 Å². The van der Waals surface area contributed by atoms with Crippen LogP contribution < -0.4 is 10.6 Å². The molecule has 3 aromatic carbocycles. The number of benzene rings is 3. The molecule has 176 valence electrons. The van der Waals surface area contributed by atoms with Crippen LogP contribution in [0.3, 0.4) is 0 Å². The van der Waals surface area contributed by atoms with Crippen LogP contribution in [0.15, 0.2) is 102 Å². The van der Waals surface area contributed by atoms with Gasteiger partial charge in [0.1, 0.15) is 7.14 Å². The summed E-state index contributed by atoms with van der Waals surface area (Å²) in [5, 5.41) is 2.74. The van der Waals surface area contributed by atoms with Crippen LogP contribution in [0.5, 0.6) is 0 Å². The zero-order valence-corrected chi connectivity index (χ0v) is 21.6. The molecular weight excluding hydrogens is 451 g/mol. The molecule has 5 rings (SSSR count). The van der Waals surface area contributed by atoms with Crippen LogP contribution in [-0.4, -0.2) is 10.9 Å². The van der Waals surface area contributed by atoms with Gasteiger partial charge in [-0.25, -0.2) is 0 Å². The van der Waals surface area contributed by atoms with E-state index in [0.29, 0.717) is 0 Å². The van der Waals surface area contributed by atoms with Crippen molar-refractivity contribution in [3.8, 4) is 0 Å². The monoisotopic (exact) mass is 486 g/mol. The zero-order chi connectivity index (χ0) is 23.2. The van der Waals surface area contributed by atoms with Crippen LogP contribution in [0.1, 0.15) is 62.8 Å². The smallest absolute Gasteiger partial charge is 0.146 e. The first-order chi connectivity index (χ1) is 16.7. The normalized spacial score (nSPS) is 22.1. The molecule has 0 saturated heterocycles. The fourth-order valence-corrected chi connectivity index (χ4v) is 10.9. The van der Waals surface area contributed by atoms with Crippen molar-refractivity contribution in [2.45, 2.75) is 68.2 Å². The molecule has 1 fully saturated rings. The lowest BCUT2D eigenvalue weighted by Crippen LogP contribution is -2.30. The minimum atomic E-state index is -2.86. The first-order valence-electron chi connectivity index (χ1n) is 12.9. The van der Waals surface area contributed by atoms with E-state index in [1.54, 1.807) is 0 Å². The highest BCUT2D eigenvalue weighted by Crippen LogP contribution is 2.58. The molecule has 0 N–H and O–H groups in total. The van der Waals surface area contributed by atoms with Crippen LogP contribution in [0.4, 0.5) is 0 Å². The molecule has 1 nitrogen and oxygen atoms in total. The molecule has 2 atom stereocenters. The van der Waals surface area contributed by atoms with Crippen molar-refractivity contribution in [2.24, 2.45) is 0 Å². The maximum absolute atomic E-state index is 15.4. The molecule has 0 aromatic heterocycles. The third kappa shape index (κ3) is 5.14. The topological polar surface area (TPSA) is 17.1 Å². The van der Waals surface area contributed by atoms with Crippen molar-refractivity contribution in [2.75, 3.05) is 0 Å². The molecule has 0 aliphatic heterocycles. The fraction of sp³-hybridized carbons (Fsp3) is 0.355. The van der Waals surface area contributed by atoms with Gasteiger partial charge in [-0.1, -0.05) is 116 Å². The Morgan fingerprint density at radius 1 is 0.676 bits per heavy atom. The van der Waals surface area contributed by atoms with E-state index in [-0.39, 0.29) is 11.6 Å². The summed E-state index contributed by atoms with van der Waals surface area (Å²) in [6.45, 7) is 0. The summed E-state index contributed by atoms with van der Waals surface area (Å²) in [5.74, 6) is 0.247. The Morgan fingerprint density at radius 3 is 1.82 bits per heavy atom. The van der Waals surface area contributed by atoms with Gasteiger partial charge in [-0.2, -0.15) is 0 Å². The van der Waals surface area contributed by atoms with E-state index in [9.17, 15) is 0 Å². The van der Waals surface area contributed by atoms with Crippen molar-refractivity contribution in [3.05, 3.63) is 108 Å². The molecule has 2 aliphatic carbocycles. The molecule has 3 heteroatoms. The molecule has 0 heterocycles. The van der Waals surface area contributed by atoms with E-state index in [4.69, 9.17) is 0 Å². The lowest BCUT2D eigenvalue weighted by Gasteiger charge is -2.35. The van der Waals surface area contributed by atoms with Gasteiger partial charge in [-0.15, -0.1) is 11.8 Å². The van der Waals surface area contributed by atoms with Crippen molar-refractivity contribution < 1.29 is 4.57 Å². The lowest BCUT2D eigenvalue weighted by atomic mass is 9.91. The second kappa shape index (κ2) is 11.1. The van der Waals surface area contributed by atoms with Crippen LogP contribution in [0.2, 0.25) is 0 Å². The Labute approximate surface area is 209 Å². The lowest BCUT2D eigenvalue weighted by molar-refractivity contribution is 0.516. The highest BCUT2D eigenvalue weighted by molar-refractivity contribution is 8.03. The molecule has 1 saturated carbocycles. The van der Waals surface area contributed by atoms with E-state index in [2.05, 4.69) is 72.4 Å². The largest absolute Gasteiger partial charge is 0.313 e. The fourth-order valence-electron chi connectivity index (χ4n) is 5.85. The molecule has 3 aromatic rings. The average Bonchev–Trinajstić information content (AvgIpc) is 3.13. The Hall–Kier alpha value is -2.02. The number of allylic oxidation sites excluding steroid dienone is 2. The van der Waals surface area contributed by atoms with Gasteiger partial charge < -0.3 is 4.57 Å². The Morgan fingerprint density at radius 2 is 1.24 bits per heavy atom. The van der Waals surface area contributed by atoms with Gasteiger partial charge in [0.25, 0.3) is 0 Å². The SMILES string of the molecule is O=P(c1ccccc1)(c1ccccc1)[C@@H]1CCC=C(SC2CCCCC2)C[C@H]1c1ccccc1. The zero-order valence-electron chi connectivity index (χ0n) is 19.9. The van der Waals surface area contributed by atoms with E-state index >= 15 is 4.57 Å². The summed E-state index contributed by atoms with van der Waals surface area (Å²) < 4.78 is 15.4. The van der Waals surface area contributed by atoms with E-state index in [1.807, 2.05) is 36.4 Å². The third-order valence-corrected chi connectivity index (χ3v) is 12.7. The number of hydrogen-bond donors (Lipinski definition) is 0. The second-order valence-electron chi connectivity index (χ2n) is 9.74. The third-order valence-electron chi connectivity index (χ3n) is 7.56. The Balaban J connectivity index is 1.56. The number of thioether (sulfide) groups is 1. The highest BCUT2D eigenvalue weighted by Gasteiger charge is 2.42. The van der Waals surface area contributed by atoms with Crippen molar-refractivity contribution in [1.29, 1.82) is 0 Å². The molecule has 0 radical (unpaired) electrons. The molecule has 2 aliphatic rings. The summed E-state index contributed by atoms with van der Waals surface area (Å²) in [6.07, 6.45) is 12.3.